The predicted molar refractivity (Wildman–Crippen MR) is 246 cm³/mol. The fourth-order valence-corrected chi connectivity index (χ4v) is 9.90. The fraction of sp³-hybridized carbons (Fsp3) is 0.107. The molecule has 0 N–H and O–H groups in total. The molecule has 0 unspecified atom stereocenters. The number of fused-ring (bicyclic) bond motifs is 8. The van der Waals surface area contributed by atoms with Crippen molar-refractivity contribution in [3.63, 3.8) is 0 Å². The minimum Gasteiger partial charge on any atom is -0.310 e. The average Bonchev–Trinajstić information content (AvgIpc) is 3.60. The van der Waals surface area contributed by atoms with E-state index in [1.807, 2.05) is 0 Å². The van der Waals surface area contributed by atoms with Crippen molar-refractivity contribution in [3.05, 3.63) is 216 Å². The Balaban J connectivity index is 1.02. The summed E-state index contributed by atoms with van der Waals surface area (Å²) in [5.41, 5.74) is 17.7. The first-order valence-electron chi connectivity index (χ1n) is 20.4. The standard InChI is InChI=1S/C56H44N2/c1-55(2)51-33-39-29-45(57(41-17-9-5-10-18-41)42-19-11-6-12-20-42)27-25-37(39)31-47(51)49-35-50-48-32-38-26-28-46(30-40(38)34-52(48)56(3,4)54(50)36-53(49)55)58(43-21-13-7-14-22-43)44-23-15-8-16-24-44/h5-36H,1-4H3. The number of nitrogens with zero attached hydrogens (tertiary/aromatic N) is 2. The van der Waals surface area contributed by atoms with E-state index in [0.29, 0.717) is 0 Å². The molecule has 0 amide bonds. The molecule has 0 spiro atoms. The van der Waals surface area contributed by atoms with Gasteiger partial charge in [0.05, 0.1) is 0 Å². The number of rotatable bonds is 6. The van der Waals surface area contributed by atoms with Crippen LogP contribution in [0.25, 0.3) is 43.8 Å². The lowest BCUT2D eigenvalue weighted by molar-refractivity contribution is 0.640. The molecule has 58 heavy (non-hydrogen) atoms. The zero-order valence-electron chi connectivity index (χ0n) is 33.4. The van der Waals surface area contributed by atoms with Crippen molar-refractivity contribution in [1.82, 2.24) is 0 Å². The van der Waals surface area contributed by atoms with Gasteiger partial charge in [-0.05, 0) is 169 Å². The highest BCUT2D eigenvalue weighted by molar-refractivity contribution is 6.00. The molecule has 0 saturated carbocycles. The van der Waals surface area contributed by atoms with E-state index in [1.54, 1.807) is 0 Å². The Morgan fingerprint density at radius 2 is 0.569 bits per heavy atom. The lowest BCUT2D eigenvalue weighted by atomic mass is 9.77. The molecule has 2 aliphatic rings. The Labute approximate surface area is 341 Å². The molecular formula is C56H44N2. The molecule has 0 aliphatic heterocycles. The van der Waals surface area contributed by atoms with Crippen molar-refractivity contribution < 1.29 is 0 Å². The highest BCUT2D eigenvalue weighted by atomic mass is 15.1. The van der Waals surface area contributed by atoms with Crippen LogP contribution < -0.4 is 9.80 Å². The quantitative estimate of drug-likeness (QED) is 0.167. The van der Waals surface area contributed by atoms with Crippen LogP contribution in [0.5, 0.6) is 0 Å². The highest BCUT2D eigenvalue weighted by Gasteiger charge is 2.42. The van der Waals surface area contributed by atoms with E-state index in [-0.39, 0.29) is 10.8 Å². The summed E-state index contributed by atoms with van der Waals surface area (Å²) in [7, 11) is 0. The normalized spacial score (nSPS) is 14.1. The minimum absolute atomic E-state index is 0.148. The maximum atomic E-state index is 2.55. The molecule has 2 nitrogen and oxygen atoms in total. The van der Waals surface area contributed by atoms with Crippen molar-refractivity contribution >= 4 is 55.7 Å². The van der Waals surface area contributed by atoms with Gasteiger partial charge in [-0.1, -0.05) is 119 Å². The molecule has 9 aromatic carbocycles. The summed E-state index contributed by atoms with van der Waals surface area (Å²) in [5.74, 6) is 0. The van der Waals surface area contributed by atoms with Crippen LogP contribution in [0, 0.1) is 0 Å². The Kier molecular flexibility index (Phi) is 7.59. The van der Waals surface area contributed by atoms with Gasteiger partial charge in [0.15, 0.2) is 0 Å². The zero-order chi connectivity index (χ0) is 39.2. The second-order valence-corrected chi connectivity index (χ2v) is 17.1. The zero-order valence-corrected chi connectivity index (χ0v) is 33.4. The molecule has 0 radical (unpaired) electrons. The average molecular weight is 745 g/mol. The largest absolute Gasteiger partial charge is 0.310 e. The lowest BCUT2D eigenvalue weighted by Crippen LogP contribution is -2.18. The Morgan fingerprint density at radius 3 is 0.914 bits per heavy atom. The number of hydrogen-bond donors (Lipinski definition) is 0. The van der Waals surface area contributed by atoms with E-state index < -0.39 is 0 Å². The number of benzene rings is 9. The van der Waals surface area contributed by atoms with Gasteiger partial charge in [0.1, 0.15) is 0 Å². The molecule has 11 rings (SSSR count). The third-order valence-corrected chi connectivity index (χ3v) is 12.9. The summed E-state index contributed by atoms with van der Waals surface area (Å²) in [6.45, 7) is 9.65. The number of hydrogen-bond acceptors (Lipinski definition) is 2. The summed E-state index contributed by atoms with van der Waals surface area (Å²) in [6.07, 6.45) is 0. The second kappa shape index (κ2) is 12.8. The summed E-state index contributed by atoms with van der Waals surface area (Å²) >= 11 is 0. The van der Waals surface area contributed by atoms with Crippen LogP contribution in [0.1, 0.15) is 49.9 Å². The van der Waals surface area contributed by atoms with Crippen molar-refractivity contribution in [2.45, 2.75) is 38.5 Å². The first kappa shape index (κ1) is 34.4. The maximum absolute atomic E-state index is 2.55. The smallest absolute Gasteiger partial charge is 0.0468 e. The molecule has 0 saturated heterocycles. The third-order valence-electron chi connectivity index (χ3n) is 12.9. The van der Waals surface area contributed by atoms with E-state index >= 15 is 0 Å². The van der Waals surface area contributed by atoms with Crippen molar-refractivity contribution in [2.75, 3.05) is 9.80 Å². The van der Waals surface area contributed by atoms with E-state index in [2.05, 4.69) is 232 Å². The first-order valence-corrected chi connectivity index (χ1v) is 20.4. The molecule has 278 valence electrons. The van der Waals surface area contributed by atoms with Crippen molar-refractivity contribution in [2.24, 2.45) is 0 Å². The summed E-state index contributed by atoms with van der Waals surface area (Å²) in [5, 5.41) is 5.04. The molecule has 0 heterocycles. The van der Waals surface area contributed by atoms with Crippen LogP contribution in [0.3, 0.4) is 0 Å². The van der Waals surface area contributed by atoms with Gasteiger partial charge in [-0.25, -0.2) is 0 Å². The van der Waals surface area contributed by atoms with Gasteiger partial charge in [-0.2, -0.15) is 0 Å². The van der Waals surface area contributed by atoms with E-state index in [0.717, 1.165) is 34.1 Å². The number of anilines is 6. The molecule has 2 heteroatoms. The highest BCUT2D eigenvalue weighted by Crippen LogP contribution is 2.57. The molecule has 0 fully saturated rings. The van der Waals surface area contributed by atoms with Crippen LogP contribution >= 0.6 is 0 Å². The van der Waals surface area contributed by atoms with Gasteiger partial charge in [0.25, 0.3) is 0 Å². The summed E-state index contributed by atoms with van der Waals surface area (Å²) < 4.78 is 0. The maximum Gasteiger partial charge on any atom is 0.0468 e. The monoisotopic (exact) mass is 744 g/mol. The van der Waals surface area contributed by atoms with Gasteiger partial charge < -0.3 is 9.80 Å². The molecule has 9 aromatic rings. The Bertz CT molecular complexity index is 2750. The first-order chi connectivity index (χ1) is 28.3. The van der Waals surface area contributed by atoms with Gasteiger partial charge in [0.2, 0.25) is 0 Å². The van der Waals surface area contributed by atoms with Crippen LogP contribution in [0.4, 0.5) is 34.1 Å². The summed E-state index contributed by atoms with van der Waals surface area (Å²) in [6, 6.07) is 71.5. The van der Waals surface area contributed by atoms with E-state index in [9.17, 15) is 0 Å². The van der Waals surface area contributed by atoms with Crippen LogP contribution in [0.15, 0.2) is 194 Å². The van der Waals surface area contributed by atoms with Gasteiger partial charge in [0, 0.05) is 45.0 Å². The number of para-hydroxylation sites is 4. The second-order valence-electron chi connectivity index (χ2n) is 17.1. The van der Waals surface area contributed by atoms with E-state index in [1.165, 1.54) is 66.1 Å². The molecule has 0 atom stereocenters. The minimum atomic E-state index is -0.148. The van der Waals surface area contributed by atoms with Crippen LogP contribution in [-0.4, -0.2) is 0 Å². The summed E-state index contributed by atoms with van der Waals surface area (Å²) in [4.78, 5) is 4.70. The fourth-order valence-electron chi connectivity index (χ4n) is 9.90. The molecule has 0 bridgehead atoms. The van der Waals surface area contributed by atoms with Crippen molar-refractivity contribution in [1.29, 1.82) is 0 Å². The van der Waals surface area contributed by atoms with Gasteiger partial charge in [-0.3, -0.25) is 0 Å². The Hall–Kier alpha value is -6.90. The molecular weight excluding hydrogens is 701 g/mol. The van der Waals surface area contributed by atoms with Gasteiger partial charge >= 0.3 is 0 Å². The van der Waals surface area contributed by atoms with E-state index in [4.69, 9.17) is 0 Å². The van der Waals surface area contributed by atoms with Crippen molar-refractivity contribution in [3.8, 4) is 22.3 Å². The molecule has 2 aliphatic carbocycles. The SMILES string of the molecule is CC1(C)c2cc3c(cc2-c2cc4ccc(N(c5ccccc5)c5ccccc5)cc4cc21)-c1cc2ccc(N(c4ccccc4)c4ccccc4)cc2cc1C3(C)C. The topological polar surface area (TPSA) is 6.48 Å². The van der Waals surface area contributed by atoms with Gasteiger partial charge in [-0.15, -0.1) is 0 Å². The van der Waals surface area contributed by atoms with Crippen LogP contribution in [-0.2, 0) is 10.8 Å². The molecule has 0 aromatic heterocycles. The lowest BCUT2D eigenvalue weighted by Gasteiger charge is -2.27. The van der Waals surface area contributed by atoms with Crippen LogP contribution in [0.2, 0.25) is 0 Å². The Morgan fingerprint density at radius 1 is 0.259 bits per heavy atom. The third kappa shape index (κ3) is 5.25. The predicted octanol–water partition coefficient (Wildman–Crippen LogP) is 15.5.